The second-order valence-electron chi connectivity index (χ2n) is 9.09. The lowest BCUT2D eigenvalue weighted by Gasteiger charge is -2.20. The standard InChI is InChI=1S/C25H24F2N8/c1-13-9-16(10-14(2)23(13)26)35-25(22-15(3)28-8-7-19(22)31-35)34-12-20(30-32-34)17-5-6-21-18(24(17)27)11-29-33(21)4/h5-6,9-12,15,28H,7-8H2,1-4H3/t15-/m0/s1. The molecule has 0 amide bonds. The van der Waals surface area contributed by atoms with Crippen molar-refractivity contribution in [3.63, 3.8) is 0 Å². The summed E-state index contributed by atoms with van der Waals surface area (Å²) in [7, 11) is 1.77. The average Bonchev–Trinajstić information content (AvgIpc) is 3.55. The van der Waals surface area contributed by atoms with Crippen LogP contribution in [0.4, 0.5) is 8.78 Å². The predicted octanol–water partition coefficient (Wildman–Crippen LogP) is 4.11. The molecule has 5 aromatic rings. The van der Waals surface area contributed by atoms with Gasteiger partial charge in [-0.05, 0) is 56.2 Å². The van der Waals surface area contributed by atoms with E-state index < -0.39 is 5.82 Å². The molecule has 1 aliphatic rings. The molecular formula is C25H24F2N8. The van der Waals surface area contributed by atoms with Gasteiger partial charge in [0.1, 0.15) is 17.3 Å². The average molecular weight is 475 g/mol. The van der Waals surface area contributed by atoms with E-state index >= 15 is 4.39 Å². The first-order valence-corrected chi connectivity index (χ1v) is 11.5. The Morgan fingerprint density at radius 3 is 2.63 bits per heavy atom. The van der Waals surface area contributed by atoms with E-state index in [1.165, 1.54) is 6.20 Å². The van der Waals surface area contributed by atoms with Gasteiger partial charge in [-0.15, -0.1) is 5.10 Å². The van der Waals surface area contributed by atoms with Gasteiger partial charge in [-0.25, -0.2) is 18.1 Å². The lowest BCUT2D eigenvalue weighted by Crippen LogP contribution is -2.28. The quantitative estimate of drug-likeness (QED) is 0.426. The van der Waals surface area contributed by atoms with Crippen molar-refractivity contribution in [1.29, 1.82) is 0 Å². The van der Waals surface area contributed by atoms with Crippen molar-refractivity contribution in [2.75, 3.05) is 6.54 Å². The molecule has 4 heterocycles. The lowest BCUT2D eigenvalue weighted by molar-refractivity contribution is 0.534. The highest BCUT2D eigenvalue weighted by molar-refractivity contribution is 5.84. The predicted molar refractivity (Wildman–Crippen MR) is 128 cm³/mol. The Labute approximate surface area is 200 Å². The Balaban J connectivity index is 1.54. The fraction of sp³-hybridized carbons (Fsp3) is 0.280. The molecule has 0 fully saturated rings. The highest BCUT2D eigenvalue weighted by atomic mass is 19.1. The minimum atomic E-state index is -0.391. The first-order chi connectivity index (χ1) is 16.8. The molecule has 8 nitrogen and oxygen atoms in total. The van der Waals surface area contributed by atoms with Gasteiger partial charge in [0, 0.05) is 37.2 Å². The van der Waals surface area contributed by atoms with Crippen LogP contribution in [0.2, 0.25) is 0 Å². The number of hydrogen-bond donors (Lipinski definition) is 1. The van der Waals surface area contributed by atoms with Crippen molar-refractivity contribution >= 4 is 10.9 Å². The number of aromatic nitrogens is 7. The summed E-state index contributed by atoms with van der Waals surface area (Å²) in [6, 6.07) is 7.09. The zero-order chi connectivity index (χ0) is 24.4. The number of benzene rings is 2. The molecule has 6 rings (SSSR count). The van der Waals surface area contributed by atoms with Crippen LogP contribution in [0.5, 0.6) is 0 Å². The van der Waals surface area contributed by atoms with Crippen LogP contribution in [0.3, 0.4) is 0 Å². The molecule has 0 aliphatic carbocycles. The van der Waals surface area contributed by atoms with E-state index in [9.17, 15) is 4.39 Å². The topological polar surface area (TPSA) is 78.4 Å². The van der Waals surface area contributed by atoms with Gasteiger partial charge in [0.25, 0.3) is 0 Å². The minimum absolute atomic E-state index is 0.0290. The number of nitrogens with one attached hydrogen (secondary N) is 1. The Morgan fingerprint density at radius 2 is 1.86 bits per heavy atom. The van der Waals surface area contributed by atoms with E-state index in [0.717, 1.165) is 29.9 Å². The molecule has 0 saturated carbocycles. The number of halogens is 2. The largest absolute Gasteiger partial charge is 0.310 e. The van der Waals surface area contributed by atoms with Gasteiger partial charge < -0.3 is 5.32 Å². The third-order valence-corrected chi connectivity index (χ3v) is 6.74. The molecule has 0 radical (unpaired) electrons. The lowest BCUT2D eigenvalue weighted by atomic mass is 10.0. The summed E-state index contributed by atoms with van der Waals surface area (Å²) in [4.78, 5) is 0. The van der Waals surface area contributed by atoms with E-state index in [2.05, 4.69) is 27.7 Å². The first-order valence-electron chi connectivity index (χ1n) is 11.5. The van der Waals surface area contributed by atoms with Gasteiger partial charge in [0.15, 0.2) is 5.82 Å². The fourth-order valence-corrected chi connectivity index (χ4v) is 4.93. The van der Waals surface area contributed by atoms with Crippen LogP contribution < -0.4 is 5.32 Å². The van der Waals surface area contributed by atoms with Gasteiger partial charge in [-0.2, -0.15) is 10.2 Å². The summed E-state index contributed by atoms with van der Waals surface area (Å²) in [6.07, 6.45) is 3.97. The molecule has 2 aromatic carbocycles. The fourth-order valence-electron chi connectivity index (χ4n) is 4.93. The maximum Gasteiger partial charge on any atom is 0.163 e. The van der Waals surface area contributed by atoms with Crippen LogP contribution in [0, 0.1) is 25.5 Å². The molecule has 1 N–H and O–H groups in total. The Hall–Kier alpha value is -3.92. The van der Waals surface area contributed by atoms with E-state index in [1.807, 2.05) is 6.07 Å². The zero-order valence-corrected chi connectivity index (χ0v) is 19.8. The molecule has 0 spiro atoms. The molecular weight excluding hydrogens is 450 g/mol. The van der Waals surface area contributed by atoms with Crippen LogP contribution in [-0.4, -0.2) is 41.1 Å². The van der Waals surface area contributed by atoms with Gasteiger partial charge in [-0.3, -0.25) is 4.68 Å². The molecule has 178 valence electrons. The summed E-state index contributed by atoms with van der Waals surface area (Å²) in [5.74, 6) is 0.0799. The van der Waals surface area contributed by atoms with E-state index in [4.69, 9.17) is 5.10 Å². The van der Waals surface area contributed by atoms with Crippen molar-refractivity contribution in [3.8, 4) is 22.8 Å². The molecule has 0 bridgehead atoms. The second kappa shape index (κ2) is 7.81. The number of fused-ring (bicyclic) bond motifs is 2. The van der Waals surface area contributed by atoms with E-state index in [0.29, 0.717) is 39.1 Å². The van der Waals surface area contributed by atoms with Crippen LogP contribution >= 0.6 is 0 Å². The van der Waals surface area contributed by atoms with Crippen molar-refractivity contribution in [2.45, 2.75) is 33.2 Å². The van der Waals surface area contributed by atoms with E-state index in [1.54, 1.807) is 59.3 Å². The van der Waals surface area contributed by atoms with Gasteiger partial charge in [0.2, 0.25) is 0 Å². The Morgan fingerprint density at radius 1 is 1.09 bits per heavy atom. The van der Waals surface area contributed by atoms with Crippen LogP contribution in [0.1, 0.15) is 35.3 Å². The zero-order valence-electron chi connectivity index (χ0n) is 19.8. The molecule has 1 atom stereocenters. The molecule has 1 aliphatic heterocycles. The summed E-state index contributed by atoms with van der Waals surface area (Å²) < 4.78 is 34.7. The van der Waals surface area contributed by atoms with Crippen LogP contribution in [-0.2, 0) is 13.5 Å². The van der Waals surface area contributed by atoms with Crippen LogP contribution in [0.15, 0.2) is 36.7 Å². The summed E-state index contributed by atoms with van der Waals surface area (Å²) in [6.45, 7) is 6.36. The number of hydrogen-bond acceptors (Lipinski definition) is 5. The summed E-state index contributed by atoms with van der Waals surface area (Å²) >= 11 is 0. The molecule has 10 heteroatoms. The first kappa shape index (κ1) is 21.6. The third-order valence-electron chi connectivity index (χ3n) is 6.74. The Kier molecular flexibility index (Phi) is 4.82. The summed E-state index contributed by atoms with van der Waals surface area (Å²) in [5, 5.41) is 21.6. The maximum atomic E-state index is 15.3. The number of nitrogens with zero attached hydrogens (tertiary/aromatic N) is 7. The van der Waals surface area contributed by atoms with Crippen LogP contribution in [0.25, 0.3) is 33.7 Å². The number of rotatable bonds is 3. The molecule has 0 saturated heterocycles. The van der Waals surface area contributed by atoms with Crippen molar-refractivity contribution in [3.05, 3.63) is 70.7 Å². The SMILES string of the molecule is Cc1cc(-n2nc3c(c2-n2cc(-c4ccc5c(cnn5C)c4F)nn2)[C@H](C)NCC3)cc(C)c1F. The van der Waals surface area contributed by atoms with Gasteiger partial charge in [-0.1, -0.05) is 5.21 Å². The minimum Gasteiger partial charge on any atom is -0.310 e. The molecule has 35 heavy (non-hydrogen) atoms. The normalized spacial score (nSPS) is 15.7. The third kappa shape index (κ3) is 3.28. The molecule has 3 aromatic heterocycles. The van der Waals surface area contributed by atoms with Crippen molar-refractivity contribution in [1.82, 2.24) is 39.9 Å². The monoisotopic (exact) mass is 474 g/mol. The van der Waals surface area contributed by atoms with E-state index in [-0.39, 0.29) is 11.9 Å². The molecule has 0 unspecified atom stereocenters. The highest BCUT2D eigenvalue weighted by Gasteiger charge is 2.29. The number of aryl methyl sites for hydroxylation is 3. The summed E-state index contributed by atoms with van der Waals surface area (Å²) in [5.41, 5.74) is 5.20. The van der Waals surface area contributed by atoms with Crippen molar-refractivity contribution < 1.29 is 8.78 Å². The van der Waals surface area contributed by atoms with Crippen molar-refractivity contribution in [2.24, 2.45) is 7.05 Å². The van der Waals surface area contributed by atoms with Gasteiger partial charge >= 0.3 is 0 Å². The smallest absolute Gasteiger partial charge is 0.163 e. The maximum absolute atomic E-state index is 15.3. The highest BCUT2D eigenvalue weighted by Crippen LogP contribution is 2.33. The Bertz CT molecular complexity index is 1590. The van der Waals surface area contributed by atoms with Gasteiger partial charge in [0.05, 0.1) is 34.7 Å². The second-order valence-corrected chi connectivity index (χ2v) is 9.09.